The van der Waals surface area contributed by atoms with Gasteiger partial charge in [0.15, 0.2) is 0 Å². The fraction of sp³-hybridized carbons (Fsp3) is 0.370. The van der Waals surface area contributed by atoms with E-state index in [1.54, 1.807) is 7.11 Å². The van der Waals surface area contributed by atoms with Crippen LogP contribution in [0.15, 0.2) is 54.6 Å². The lowest BCUT2D eigenvalue weighted by Crippen LogP contribution is -2.49. The second-order valence-corrected chi connectivity index (χ2v) is 8.39. The lowest BCUT2D eigenvalue weighted by atomic mass is 9.93. The molecule has 1 saturated heterocycles. The van der Waals surface area contributed by atoms with Crippen LogP contribution in [0.1, 0.15) is 40.4 Å². The number of carbonyl (C=O) groups excluding carboxylic acids is 1. The Hall–Kier alpha value is -2.89. The molecule has 2 N–H and O–H groups in total. The molecule has 5 heteroatoms. The number of nitrogens with one attached hydrogen (secondary N) is 2. The van der Waals surface area contributed by atoms with Gasteiger partial charge in [-0.3, -0.25) is 0 Å². The first-order chi connectivity index (χ1) is 15.5. The third kappa shape index (κ3) is 6.55. The minimum absolute atomic E-state index is 0.109. The topological polar surface area (TPSA) is 59.6 Å². The standard InChI is InChI=1S/C27H34N2O3/c1-19(2)23(15-24-17-28-12-13-29-24)18-32-27(30)26-20(3)14-25(31-4)16-22(26)11-10-21-8-6-5-7-9-21/h5-11,14,16,23-24,28-29H,1,12-13,15,17-18H2,2-4H3/b11-10+. The third-order valence-electron chi connectivity index (χ3n) is 5.84. The number of esters is 1. The molecule has 2 atom stereocenters. The summed E-state index contributed by atoms with van der Waals surface area (Å²) in [4.78, 5) is 13.2. The van der Waals surface area contributed by atoms with E-state index in [0.29, 0.717) is 24.0 Å². The van der Waals surface area contributed by atoms with E-state index in [4.69, 9.17) is 9.47 Å². The Morgan fingerprint density at radius 2 is 2.00 bits per heavy atom. The molecule has 170 valence electrons. The van der Waals surface area contributed by atoms with Gasteiger partial charge in [0.1, 0.15) is 5.75 Å². The third-order valence-corrected chi connectivity index (χ3v) is 5.84. The number of ether oxygens (including phenoxy) is 2. The zero-order valence-electron chi connectivity index (χ0n) is 19.3. The first kappa shape index (κ1) is 23.8. The van der Waals surface area contributed by atoms with Crippen molar-refractivity contribution < 1.29 is 14.3 Å². The van der Waals surface area contributed by atoms with Crippen LogP contribution in [0.3, 0.4) is 0 Å². The van der Waals surface area contributed by atoms with E-state index in [-0.39, 0.29) is 11.9 Å². The molecule has 1 aliphatic rings. The van der Waals surface area contributed by atoms with Crippen molar-refractivity contribution in [2.24, 2.45) is 5.92 Å². The predicted molar refractivity (Wildman–Crippen MR) is 131 cm³/mol. The molecule has 0 amide bonds. The summed E-state index contributed by atoms with van der Waals surface area (Å²) in [5.41, 5.74) is 4.26. The van der Waals surface area contributed by atoms with E-state index in [9.17, 15) is 4.79 Å². The van der Waals surface area contributed by atoms with Crippen molar-refractivity contribution in [3.05, 3.63) is 76.9 Å². The van der Waals surface area contributed by atoms with Crippen LogP contribution in [0.25, 0.3) is 12.2 Å². The van der Waals surface area contributed by atoms with Gasteiger partial charge in [-0.1, -0.05) is 54.6 Å². The van der Waals surface area contributed by atoms with Gasteiger partial charge in [0.05, 0.1) is 19.3 Å². The van der Waals surface area contributed by atoms with Crippen LogP contribution < -0.4 is 15.4 Å². The highest BCUT2D eigenvalue weighted by atomic mass is 16.5. The molecule has 0 spiro atoms. The summed E-state index contributed by atoms with van der Waals surface area (Å²) in [6, 6.07) is 14.1. The Morgan fingerprint density at radius 3 is 2.66 bits per heavy atom. The minimum atomic E-state index is -0.321. The number of aryl methyl sites for hydroxylation is 1. The van der Waals surface area contributed by atoms with Crippen molar-refractivity contribution in [3.8, 4) is 5.75 Å². The van der Waals surface area contributed by atoms with Crippen LogP contribution in [0, 0.1) is 12.8 Å². The highest BCUT2D eigenvalue weighted by Crippen LogP contribution is 2.26. The minimum Gasteiger partial charge on any atom is -0.497 e. The molecule has 2 aromatic carbocycles. The highest BCUT2D eigenvalue weighted by Gasteiger charge is 2.22. The molecule has 0 aliphatic carbocycles. The summed E-state index contributed by atoms with van der Waals surface area (Å²) < 4.78 is 11.2. The zero-order chi connectivity index (χ0) is 22.9. The molecule has 32 heavy (non-hydrogen) atoms. The van der Waals surface area contributed by atoms with Crippen molar-refractivity contribution in [2.75, 3.05) is 33.4 Å². The fourth-order valence-electron chi connectivity index (χ4n) is 3.94. The van der Waals surface area contributed by atoms with Gasteiger partial charge in [-0.05, 0) is 49.1 Å². The predicted octanol–water partition coefficient (Wildman–Crippen LogP) is 4.47. The summed E-state index contributed by atoms with van der Waals surface area (Å²) in [6.07, 6.45) is 4.82. The summed E-state index contributed by atoms with van der Waals surface area (Å²) in [7, 11) is 1.63. The van der Waals surface area contributed by atoms with Crippen LogP contribution in [-0.2, 0) is 4.74 Å². The second kappa shape index (κ2) is 11.7. The molecule has 0 aromatic heterocycles. The maximum atomic E-state index is 13.2. The largest absolute Gasteiger partial charge is 0.497 e. The molecule has 2 aromatic rings. The quantitative estimate of drug-likeness (QED) is 0.346. The summed E-state index contributed by atoms with van der Waals surface area (Å²) in [5.74, 6) is 0.500. The van der Waals surface area contributed by atoms with Gasteiger partial charge >= 0.3 is 5.97 Å². The normalized spacial score (nSPS) is 17.2. The number of hydrogen-bond donors (Lipinski definition) is 2. The van der Waals surface area contributed by atoms with Gasteiger partial charge in [0.25, 0.3) is 0 Å². The monoisotopic (exact) mass is 434 g/mol. The Morgan fingerprint density at radius 1 is 1.22 bits per heavy atom. The number of rotatable bonds is 9. The van der Waals surface area contributed by atoms with Crippen LogP contribution in [0.2, 0.25) is 0 Å². The number of methoxy groups -OCH3 is 1. The summed E-state index contributed by atoms with van der Waals surface area (Å²) in [5, 5.41) is 6.92. The Balaban J connectivity index is 1.76. The van der Waals surface area contributed by atoms with Crippen LogP contribution in [-0.4, -0.2) is 45.4 Å². The average Bonchev–Trinajstić information content (AvgIpc) is 2.81. The molecule has 3 rings (SSSR count). The molecule has 1 aliphatic heterocycles. The van der Waals surface area contributed by atoms with E-state index in [0.717, 1.165) is 48.3 Å². The Labute approximate surface area is 191 Å². The molecular weight excluding hydrogens is 400 g/mol. The number of carbonyl (C=O) groups is 1. The number of benzene rings is 2. The fourth-order valence-corrected chi connectivity index (χ4v) is 3.94. The second-order valence-electron chi connectivity index (χ2n) is 8.39. The van der Waals surface area contributed by atoms with Gasteiger partial charge < -0.3 is 20.1 Å². The molecule has 5 nitrogen and oxygen atoms in total. The van der Waals surface area contributed by atoms with Crippen LogP contribution in [0.4, 0.5) is 0 Å². The Kier molecular flexibility index (Phi) is 8.65. The maximum Gasteiger partial charge on any atom is 0.339 e. The van der Waals surface area contributed by atoms with E-state index in [2.05, 4.69) is 17.2 Å². The van der Waals surface area contributed by atoms with Crippen molar-refractivity contribution in [1.29, 1.82) is 0 Å². The maximum absolute atomic E-state index is 13.2. The van der Waals surface area contributed by atoms with Gasteiger partial charge in [-0.25, -0.2) is 4.79 Å². The van der Waals surface area contributed by atoms with Crippen molar-refractivity contribution in [2.45, 2.75) is 26.3 Å². The summed E-state index contributed by atoms with van der Waals surface area (Å²) in [6.45, 7) is 11.2. The van der Waals surface area contributed by atoms with E-state index in [1.165, 1.54) is 0 Å². The number of piperazine rings is 1. The molecule has 0 saturated carbocycles. The van der Waals surface area contributed by atoms with Crippen molar-refractivity contribution >= 4 is 18.1 Å². The highest BCUT2D eigenvalue weighted by molar-refractivity contribution is 5.96. The molecular formula is C27H34N2O3. The lowest BCUT2D eigenvalue weighted by molar-refractivity contribution is 0.0446. The molecule has 1 fully saturated rings. The number of hydrogen-bond acceptors (Lipinski definition) is 5. The zero-order valence-corrected chi connectivity index (χ0v) is 19.3. The smallest absolute Gasteiger partial charge is 0.339 e. The van der Waals surface area contributed by atoms with Gasteiger partial charge in [-0.15, -0.1) is 0 Å². The molecule has 2 unspecified atom stereocenters. The summed E-state index contributed by atoms with van der Waals surface area (Å²) >= 11 is 0. The van der Waals surface area contributed by atoms with Crippen molar-refractivity contribution in [3.63, 3.8) is 0 Å². The van der Waals surface area contributed by atoms with E-state index >= 15 is 0 Å². The Bertz CT molecular complexity index is 947. The SMILES string of the molecule is C=C(C)C(COC(=O)c1c(C)cc(OC)cc1/C=C/c1ccccc1)CC1CNCCN1. The van der Waals surface area contributed by atoms with Gasteiger partial charge in [0.2, 0.25) is 0 Å². The molecule has 0 bridgehead atoms. The first-order valence-corrected chi connectivity index (χ1v) is 11.2. The van der Waals surface area contributed by atoms with Crippen LogP contribution >= 0.6 is 0 Å². The van der Waals surface area contributed by atoms with Gasteiger partial charge in [0, 0.05) is 31.6 Å². The van der Waals surface area contributed by atoms with E-state index < -0.39 is 0 Å². The lowest BCUT2D eigenvalue weighted by Gasteiger charge is -2.28. The van der Waals surface area contributed by atoms with Crippen LogP contribution in [0.5, 0.6) is 5.75 Å². The average molecular weight is 435 g/mol. The first-order valence-electron chi connectivity index (χ1n) is 11.2. The van der Waals surface area contributed by atoms with Crippen molar-refractivity contribution in [1.82, 2.24) is 10.6 Å². The molecule has 0 radical (unpaired) electrons. The molecule has 1 heterocycles. The van der Waals surface area contributed by atoms with Gasteiger partial charge in [-0.2, -0.15) is 0 Å². The van der Waals surface area contributed by atoms with E-state index in [1.807, 2.05) is 68.5 Å².